The summed E-state index contributed by atoms with van der Waals surface area (Å²) in [6, 6.07) is 3.08. The zero-order valence-electron chi connectivity index (χ0n) is 10.6. The van der Waals surface area contributed by atoms with Crippen LogP contribution in [0.25, 0.3) is 0 Å². The van der Waals surface area contributed by atoms with Gasteiger partial charge in [0.25, 0.3) is 0 Å². The van der Waals surface area contributed by atoms with Crippen LogP contribution in [-0.2, 0) is 0 Å². The quantitative estimate of drug-likeness (QED) is 0.681. The molecule has 0 aromatic heterocycles. The van der Waals surface area contributed by atoms with E-state index >= 15 is 0 Å². The van der Waals surface area contributed by atoms with Crippen molar-refractivity contribution >= 4 is 0 Å². The smallest absolute Gasteiger partial charge is 0.0683 e. The van der Waals surface area contributed by atoms with Crippen molar-refractivity contribution in [3.63, 3.8) is 0 Å². The largest absolute Gasteiger partial charge is 0.313 e. The highest BCUT2D eigenvalue weighted by Crippen LogP contribution is 2.44. The first-order chi connectivity index (χ1) is 6.87. The van der Waals surface area contributed by atoms with Gasteiger partial charge in [-0.2, -0.15) is 5.26 Å². The molecule has 2 nitrogen and oxygen atoms in total. The van der Waals surface area contributed by atoms with Gasteiger partial charge in [-0.1, -0.05) is 20.3 Å². The topological polar surface area (TPSA) is 35.8 Å². The Balaban J connectivity index is 1.97. The highest BCUT2D eigenvalue weighted by molar-refractivity contribution is 5.01. The van der Waals surface area contributed by atoms with Crippen LogP contribution in [-0.4, -0.2) is 12.6 Å². The van der Waals surface area contributed by atoms with Crippen molar-refractivity contribution in [2.75, 3.05) is 6.54 Å². The molecule has 0 saturated heterocycles. The lowest BCUT2D eigenvalue weighted by Crippen LogP contribution is -2.22. The van der Waals surface area contributed by atoms with Crippen LogP contribution >= 0.6 is 0 Å². The van der Waals surface area contributed by atoms with Crippen LogP contribution in [0.4, 0.5) is 0 Å². The van der Waals surface area contributed by atoms with Crippen molar-refractivity contribution in [1.29, 1.82) is 5.26 Å². The maximum Gasteiger partial charge on any atom is 0.0683 e. The van der Waals surface area contributed by atoms with Crippen molar-refractivity contribution in [2.24, 2.45) is 10.8 Å². The second-order valence-corrected chi connectivity index (χ2v) is 6.15. The average Bonchev–Trinajstić information content (AvgIpc) is 2.73. The highest BCUT2D eigenvalue weighted by Gasteiger charge is 2.44. The third-order valence-corrected chi connectivity index (χ3v) is 3.44. The number of nitrogens with one attached hydrogen (secondary N) is 1. The standard InChI is InChI=1S/C13H24N2/c1-12(2,10-14)7-5-6-8-15-11-9-13(11,3)4/h11,15H,5-9H2,1-4H3. The second-order valence-electron chi connectivity index (χ2n) is 6.15. The molecule has 1 saturated carbocycles. The molecular weight excluding hydrogens is 184 g/mol. The molecule has 1 fully saturated rings. The van der Waals surface area contributed by atoms with E-state index in [0.717, 1.165) is 25.4 Å². The Labute approximate surface area is 94.1 Å². The van der Waals surface area contributed by atoms with Crippen molar-refractivity contribution in [1.82, 2.24) is 5.32 Å². The van der Waals surface area contributed by atoms with Crippen LogP contribution < -0.4 is 5.32 Å². The molecule has 1 N–H and O–H groups in total. The molecule has 2 heteroatoms. The maximum absolute atomic E-state index is 8.85. The predicted octanol–water partition coefficient (Wildman–Crippen LogP) is 3.09. The van der Waals surface area contributed by atoms with Crippen LogP contribution in [0.5, 0.6) is 0 Å². The van der Waals surface area contributed by atoms with Gasteiger partial charge in [0.1, 0.15) is 0 Å². The lowest BCUT2D eigenvalue weighted by Gasteiger charge is -2.14. The van der Waals surface area contributed by atoms with Crippen molar-refractivity contribution in [3.8, 4) is 6.07 Å². The van der Waals surface area contributed by atoms with Crippen LogP contribution in [0.1, 0.15) is 53.4 Å². The van der Waals surface area contributed by atoms with E-state index in [2.05, 4.69) is 25.2 Å². The summed E-state index contributed by atoms with van der Waals surface area (Å²) in [5.74, 6) is 0. The molecule has 0 bridgehead atoms. The second kappa shape index (κ2) is 4.53. The lowest BCUT2D eigenvalue weighted by atomic mass is 9.89. The van der Waals surface area contributed by atoms with Crippen molar-refractivity contribution in [3.05, 3.63) is 0 Å². The number of unbranched alkanes of at least 4 members (excludes halogenated alkanes) is 1. The predicted molar refractivity (Wildman–Crippen MR) is 63.4 cm³/mol. The van der Waals surface area contributed by atoms with Gasteiger partial charge < -0.3 is 5.32 Å². The van der Waals surface area contributed by atoms with E-state index in [9.17, 15) is 0 Å². The number of rotatable bonds is 6. The Bertz CT molecular complexity index is 248. The molecule has 0 radical (unpaired) electrons. The molecule has 86 valence electrons. The van der Waals surface area contributed by atoms with Gasteiger partial charge in [-0.15, -0.1) is 0 Å². The minimum absolute atomic E-state index is 0.140. The van der Waals surface area contributed by atoms with Gasteiger partial charge in [-0.25, -0.2) is 0 Å². The van der Waals surface area contributed by atoms with Crippen LogP contribution in [0, 0.1) is 22.2 Å². The maximum atomic E-state index is 8.85. The fourth-order valence-corrected chi connectivity index (χ4v) is 1.84. The minimum atomic E-state index is -0.140. The van der Waals surface area contributed by atoms with Gasteiger partial charge in [0.15, 0.2) is 0 Å². The summed E-state index contributed by atoms with van der Waals surface area (Å²) in [5.41, 5.74) is 0.394. The van der Waals surface area contributed by atoms with Crippen molar-refractivity contribution in [2.45, 2.75) is 59.4 Å². The van der Waals surface area contributed by atoms with Gasteiger partial charge >= 0.3 is 0 Å². The summed E-state index contributed by atoms with van der Waals surface area (Å²) >= 11 is 0. The fourth-order valence-electron chi connectivity index (χ4n) is 1.84. The molecule has 0 heterocycles. The molecule has 1 aliphatic carbocycles. The molecule has 1 aliphatic rings. The Morgan fingerprint density at radius 2 is 2.00 bits per heavy atom. The summed E-state index contributed by atoms with van der Waals surface area (Å²) < 4.78 is 0. The first-order valence-corrected chi connectivity index (χ1v) is 6.02. The molecular formula is C13H24N2. The first-order valence-electron chi connectivity index (χ1n) is 6.02. The Kier molecular flexibility index (Phi) is 3.78. The number of hydrogen-bond acceptors (Lipinski definition) is 2. The molecule has 0 aliphatic heterocycles. The van der Waals surface area contributed by atoms with E-state index in [1.807, 2.05) is 13.8 Å². The van der Waals surface area contributed by atoms with Gasteiger partial charge in [0.05, 0.1) is 11.5 Å². The van der Waals surface area contributed by atoms with Gasteiger partial charge in [-0.3, -0.25) is 0 Å². The summed E-state index contributed by atoms with van der Waals surface area (Å²) in [7, 11) is 0. The first kappa shape index (κ1) is 12.5. The summed E-state index contributed by atoms with van der Waals surface area (Å²) in [6.45, 7) is 9.76. The number of hydrogen-bond donors (Lipinski definition) is 1. The van der Waals surface area contributed by atoms with Crippen molar-refractivity contribution < 1.29 is 0 Å². The Hall–Kier alpha value is -0.550. The summed E-state index contributed by atoms with van der Waals surface area (Å²) in [5, 5.41) is 12.4. The number of nitriles is 1. The van der Waals surface area contributed by atoms with Gasteiger partial charge in [-0.05, 0) is 45.1 Å². The molecule has 0 aromatic rings. The molecule has 1 rings (SSSR count). The molecule has 0 aromatic carbocycles. The van der Waals surface area contributed by atoms with E-state index in [1.165, 1.54) is 12.8 Å². The average molecular weight is 208 g/mol. The monoisotopic (exact) mass is 208 g/mol. The van der Waals surface area contributed by atoms with E-state index < -0.39 is 0 Å². The van der Waals surface area contributed by atoms with Crippen LogP contribution in [0.2, 0.25) is 0 Å². The van der Waals surface area contributed by atoms with E-state index in [1.54, 1.807) is 0 Å². The van der Waals surface area contributed by atoms with E-state index in [-0.39, 0.29) is 5.41 Å². The van der Waals surface area contributed by atoms with Gasteiger partial charge in [0, 0.05) is 6.04 Å². The zero-order valence-corrected chi connectivity index (χ0v) is 10.6. The molecule has 1 atom stereocenters. The SMILES string of the molecule is CC(C)(C#N)CCCCNC1CC1(C)C. The highest BCUT2D eigenvalue weighted by atomic mass is 15.0. The normalized spacial score (nSPS) is 23.5. The lowest BCUT2D eigenvalue weighted by molar-refractivity contribution is 0.419. The molecule has 1 unspecified atom stereocenters. The third-order valence-electron chi connectivity index (χ3n) is 3.44. The summed E-state index contributed by atoms with van der Waals surface area (Å²) in [4.78, 5) is 0. The van der Waals surface area contributed by atoms with Crippen LogP contribution in [0.3, 0.4) is 0 Å². The minimum Gasteiger partial charge on any atom is -0.313 e. The van der Waals surface area contributed by atoms with E-state index in [4.69, 9.17) is 5.26 Å². The summed E-state index contributed by atoms with van der Waals surface area (Å²) in [6.07, 6.45) is 4.67. The Morgan fingerprint density at radius 3 is 2.47 bits per heavy atom. The molecule has 15 heavy (non-hydrogen) atoms. The third kappa shape index (κ3) is 4.22. The molecule has 0 amide bonds. The van der Waals surface area contributed by atoms with Gasteiger partial charge in [0.2, 0.25) is 0 Å². The number of nitrogens with zero attached hydrogens (tertiary/aromatic N) is 1. The Morgan fingerprint density at radius 1 is 1.40 bits per heavy atom. The molecule has 0 spiro atoms. The van der Waals surface area contributed by atoms with Crippen LogP contribution in [0.15, 0.2) is 0 Å². The van der Waals surface area contributed by atoms with E-state index in [0.29, 0.717) is 5.41 Å². The zero-order chi connectivity index (χ0) is 11.5. The fraction of sp³-hybridized carbons (Fsp3) is 0.923.